The number of thiazole rings is 1. The van der Waals surface area contributed by atoms with Crippen LogP contribution in [0, 0.1) is 11.6 Å². The van der Waals surface area contributed by atoms with Crippen LogP contribution in [0.4, 0.5) is 8.78 Å². The summed E-state index contributed by atoms with van der Waals surface area (Å²) in [5, 5.41) is 2.65. The molecule has 0 saturated heterocycles. The second-order valence-electron chi connectivity index (χ2n) is 3.13. The van der Waals surface area contributed by atoms with Gasteiger partial charge < -0.3 is 0 Å². The Hall–Kier alpha value is -1.29. The van der Waals surface area contributed by atoms with E-state index in [2.05, 4.69) is 4.98 Å². The van der Waals surface area contributed by atoms with Gasteiger partial charge in [0.25, 0.3) is 0 Å². The van der Waals surface area contributed by atoms with Crippen molar-refractivity contribution in [2.24, 2.45) is 0 Å². The van der Waals surface area contributed by atoms with Gasteiger partial charge in [0.15, 0.2) is 11.6 Å². The highest BCUT2D eigenvalue weighted by Gasteiger charge is 2.07. The lowest BCUT2D eigenvalue weighted by molar-refractivity contribution is 0.509. The molecule has 0 aliphatic heterocycles. The molecule has 0 amide bonds. The van der Waals surface area contributed by atoms with E-state index in [-0.39, 0.29) is 0 Å². The quantitative estimate of drug-likeness (QED) is 0.760. The molecule has 0 aliphatic rings. The van der Waals surface area contributed by atoms with E-state index in [1.165, 1.54) is 23.5 Å². The summed E-state index contributed by atoms with van der Waals surface area (Å²) >= 11 is 1.44. The highest BCUT2D eigenvalue weighted by Crippen LogP contribution is 2.25. The molecule has 15 heavy (non-hydrogen) atoms. The minimum Gasteiger partial charge on any atom is -0.241 e. The van der Waals surface area contributed by atoms with Gasteiger partial charge in [0, 0.05) is 10.9 Å². The summed E-state index contributed by atoms with van der Waals surface area (Å²) in [6, 6.07) is 3.84. The van der Waals surface area contributed by atoms with Crippen LogP contribution in [0.1, 0.15) is 12.6 Å². The van der Waals surface area contributed by atoms with Gasteiger partial charge in [-0.15, -0.1) is 11.3 Å². The summed E-state index contributed by atoms with van der Waals surface area (Å²) in [5.74, 6) is -1.66. The molecule has 1 aromatic heterocycles. The number of halogens is 2. The van der Waals surface area contributed by atoms with Crippen molar-refractivity contribution in [2.45, 2.75) is 13.3 Å². The van der Waals surface area contributed by atoms with Gasteiger partial charge in [-0.3, -0.25) is 0 Å². The van der Waals surface area contributed by atoms with E-state index in [0.29, 0.717) is 5.56 Å². The molecule has 0 spiro atoms. The van der Waals surface area contributed by atoms with Crippen LogP contribution in [0.2, 0.25) is 0 Å². The molecule has 0 N–H and O–H groups in total. The Balaban J connectivity index is 2.40. The molecule has 1 nitrogen and oxygen atoms in total. The van der Waals surface area contributed by atoms with Crippen LogP contribution in [0.15, 0.2) is 23.6 Å². The fourth-order valence-electron chi connectivity index (χ4n) is 1.23. The van der Waals surface area contributed by atoms with Gasteiger partial charge >= 0.3 is 0 Å². The molecule has 0 atom stereocenters. The predicted molar refractivity (Wildman–Crippen MR) is 56.8 cm³/mol. The van der Waals surface area contributed by atoms with Crippen LogP contribution < -0.4 is 0 Å². The van der Waals surface area contributed by atoms with E-state index in [4.69, 9.17) is 0 Å². The average Bonchev–Trinajstić information content (AvgIpc) is 2.70. The minimum atomic E-state index is -0.833. The Bertz CT molecular complexity index is 479. The van der Waals surface area contributed by atoms with E-state index < -0.39 is 11.6 Å². The molecule has 1 aromatic carbocycles. The zero-order valence-electron chi connectivity index (χ0n) is 8.13. The SMILES string of the molecule is CCc1csc(-c2ccc(F)c(F)c2)n1. The van der Waals surface area contributed by atoms with Crippen molar-refractivity contribution in [3.63, 3.8) is 0 Å². The van der Waals surface area contributed by atoms with E-state index in [0.717, 1.165) is 23.2 Å². The van der Waals surface area contributed by atoms with Crippen molar-refractivity contribution in [2.75, 3.05) is 0 Å². The van der Waals surface area contributed by atoms with E-state index in [1.54, 1.807) is 0 Å². The standard InChI is InChI=1S/C11H9F2NS/c1-2-8-6-15-11(14-8)7-3-4-9(12)10(13)5-7/h3-6H,2H2,1H3. The molecule has 0 fully saturated rings. The summed E-state index contributed by atoms with van der Waals surface area (Å²) in [6.07, 6.45) is 0.847. The highest BCUT2D eigenvalue weighted by molar-refractivity contribution is 7.13. The van der Waals surface area contributed by atoms with Crippen LogP contribution in [-0.2, 0) is 6.42 Å². The van der Waals surface area contributed by atoms with Crippen LogP contribution in [0.3, 0.4) is 0 Å². The molecular formula is C11H9F2NS. The second-order valence-corrected chi connectivity index (χ2v) is 3.98. The van der Waals surface area contributed by atoms with Gasteiger partial charge in [-0.05, 0) is 24.6 Å². The monoisotopic (exact) mass is 225 g/mol. The van der Waals surface area contributed by atoms with E-state index in [1.807, 2.05) is 12.3 Å². The number of aromatic nitrogens is 1. The Morgan fingerprint density at radius 2 is 2.07 bits per heavy atom. The zero-order valence-corrected chi connectivity index (χ0v) is 8.94. The summed E-state index contributed by atoms with van der Waals surface area (Å²) in [4.78, 5) is 4.30. The number of rotatable bonds is 2. The first-order valence-electron chi connectivity index (χ1n) is 4.60. The Labute approximate surface area is 90.4 Å². The average molecular weight is 225 g/mol. The Morgan fingerprint density at radius 1 is 1.27 bits per heavy atom. The molecule has 0 unspecified atom stereocenters. The molecule has 2 rings (SSSR count). The highest BCUT2D eigenvalue weighted by atomic mass is 32.1. The first-order valence-corrected chi connectivity index (χ1v) is 5.48. The lowest BCUT2D eigenvalue weighted by Gasteiger charge is -1.97. The van der Waals surface area contributed by atoms with Gasteiger partial charge in [-0.1, -0.05) is 6.92 Å². The van der Waals surface area contributed by atoms with Crippen molar-refractivity contribution in [1.82, 2.24) is 4.98 Å². The van der Waals surface area contributed by atoms with Gasteiger partial charge in [0.05, 0.1) is 5.69 Å². The fourth-order valence-corrected chi connectivity index (χ4v) is 2.13. The van der Waals surface area contributed by atoms with Crippen molar-refractivity contribution < 1.29 is 8.78 Å². The third-order valence-corrected chi connectivity index (χ3v) is 3.02. The third kappa shape index (κ3) is 2.04. The van der Waals surface area contributed by atoms with Crippen LogP contribution in [0.25, 0.3) is 10.6 Å². The minimum absolute atomic E-state index is 0.624. The van der Waals surface area contributed by atoms with Gasteiger partial charge in [-0.25, -0.2) is 13.8 Å². The molecule has 2 aromatic rings. The summed E-state index contributed by atoms with van der Waals surface area (Å²) in [6.45, 7) is 2.00. The molecule has 1 heterocycles. The van der Waals surface area contributed by atoms with E-state index in [9.17, 15) is 8.78 Å². The molecule has 0 aliphatic carbocycles. The number of hydrogen-bond acceptors (Lipinski definition) is 2. The largest absolute Gasteiger partial charge is 0.241 e. The zero-order chi connectivity index (χ0) is 10.8. The number of nitrogens with zero attached hydrogens (tertiary/aromatic N) is 1. The Kier molecular flexibility index (Phi) is 2.77. The fraction of sp³-hybridized carbons (Fsp3) is 0.182. The maximum atomic E-state index is 13.0. The molecule has 0 bridgehead atoms. The predicted octanol–water partition coefficient (Wildman–Crippen LogP) is 3.65. The molecule has 0 radical (unpaired) electrons. The van der Waals surface area contributed by atoms with Crippen LogP contribution >= 0.6 is 11.3 Å². The van der Waals surface area contributed by atoms with Crippen molar-refractivity contribution in [3.05, 3.63) is 40.9 Å². The van der Waals surface area contributed by atoms with Crippen molar-refractivity contribution >= 4 is 11.3 Å². The molecule has 0 saturated carbocycles. The van der Waals surface area contributed by atoms with Crippen LogP contribution in [0.5, 0.6) is 0 Å². The first kappa shape index (κ1) is 10.2. The molecular weight excluding hydrogens is 216 g/mol. The maximum Gasteiger partial charge on any atom is 0.159 e. The summed E-state index contributed by atoms with van der Waals surface area (Å²) in [5.41, 5.74) is 1.60. The lowest BCUT2D eigenvalue weighted by atomic mass is 10.2. The van der Waals surface area contributed by atoms with Gasteiger partial charge in [0.1, 0.15) is 5.01 Å². The third-order valence-electron chi connectivity index (χ3n) is 2.08. The number of benzene rings is 1. The van der Waals surface area contributed by atoms with Crippen LogP contribution in [-0.4, -0.2) is 4.98 Å². The Morgan fingerprint density at radius 3 is 2.67 bits per heavy atom. The summed E-state index contributed by atoms with van der Waals surface area (Å²) < 4.78 is 25.6. The normalized spacial score (nSPS) is 10.6. The number of hydrogen-bond donors (Lipinski definition) is 0. The summed E-state index contributed by atoms with van der Waals surface area (Å²) in [7, 11) is 0. The van der Waals surface area contributed by atoms with E-state index >= 15 is 0 Å². The smallest absolute Gasteiger partial charge is 0.159 e. The molecule has 78 valence electrons. The van der Waals surface area contributed by atoms with Gasteiger partial charge in [0.2, 0.25) is 0 Å². The maximum absolute atomic E-state index is 13.0. The molecule has 4 heteroatoms. The first-order chi connectivity index (χ1) is 7.20. The second kappa shape index (κ2) is 4.06. The van der Waals surface area contributed by atoms with Gasteiger partial charge in [-0.2, -0.15) is 0 Å². The van der Waals surface area contributed by atoms with Crippen molar-refractivity contribution in [1.29, 1.82) is 0 Å². The van der Waals surface area contributed by atoms with Crippen molar-refractivity contribution in [3.8, 4) is 10.6 Å². The topological polar surface area (TPSA) is 12.9 Å². The lowest BCUT2D eigenvalue weighted by Crippen LogP contribution is -1.85. The number of aryl methyl sites for hydroxylation is 1.